The SMILES string of the molecule is CN1CCN=C(/C=C/c2ccc(Cl)c(Cl)c2)c2ccc(-c3cccs3)cc21.Cl. The van der Waals surface area contributed by atoms with E-state index in [2.05, 4.69) is 53.7 Å². The summed E-state index contributed by atoms with van der Waals surface area (Å²) in [6.07, 6.45) is 4.09. The van der Waals surface area contributed by atoms with Crippen molar-refractivity contribution in [3.8, 4) is 10.4 Å². The molecule has 0 N–H and O–H groups in total. The minimum atomic E-state index is 0. The van der Waals surface area contributed by atoms with Crippen LogP contribution in [-0.2, 0) is 0 Å². The molecule has 1 aliphatic heterocycles. The maximum Gasteiger partial charge on any atom is 0.0668 e. The molecule has 0 fully saturated rings. The molecule has 28 heavy (non-hydrogen) atoms. The molecule has 3 aromatic rings. The Morgan fingerprint density at radius 2 is 1.89 bits per heavy atom. The zero-order valence-corrected chi connectivity index (χ0v) is 18.4. The van der Waals surface area contributed by atoms with Gasteiger partial charge in [-0.15, -0.1) is 23.7 Å². The third kappa shape index (κ3) is 4.44. The predicted octanol–water partition coefficient (Wildman–Crippen LogP) is 7.10. The fourth-order valence-corrected chi connectivity index (χ4v) is 4.15. The van der Waals surface area contributed by atoms with Gasteiger partial charge in [-0.3, -0.25) is 4.99 Å². The molecule has 144 valence electrons. The zero-order valence-electron chi connectivity index (χ0n) is 15.2. The molecule has 0 saturated carbocycles. The molecule has 0 atom stereocenters. The van der Waals surface area contributed by atoms with Crippen LogP contribution in [0.25, 0.3) is 16.5 Å². The number of rotatable bonds is 3. The van der Waals surface area contributed by atoms with Crippen molar-refractivity contribution in [1.82, 2.24) is 0 Å². The number of hydrogen-bond acceptors (Lipinski definition) is 3. The van der Waals surface area contributed by atoms with E-state index in [9.17, 15) is 0 Å². The predicted molar refractivity (Wildman–Crippen MR) is 127 cm³/mol. The van der Waals surface area contributed by atoms with Crippen molar-refractivity contribution in [2.45, 2.75) is 0 Å². The molecule has 0 amide bonds. The largest absolute Gasteiger partial charge is 0.372 e. The first kappa shape index (κ1) is 20.9. The van der Waals surface area contributed by atoms with Gasteiger partial charge in [-0.05, 0) is 46.8 Å². The third-order valence-electron chi connectivity index (χ3n) is 4.59. The summed E-state index contributed by atoms with van der Waals surface area (Å²) in [6.45, 7) is 1.66. The molecule has 2 heterocycles. The van der Waals surface area contributed by atoms with Crippen molar-refractivity contribution in [3.05, 3.63) is 81.2 Å². The van der Waals surface area contributed by atoms with E-state index in [0.717, 1.165) is 29.9 Å². The van der Waals surface area contributed by atoms with Gasteiger partial charge >= 0.3 is 0 Å². The Balaban J connectivity index is 0.00000225. The summed E-state index contributed by atoms with van der Waals surface area (Å²) in [4.78, 5) is 8.35. The fraction of sp³-hybridized carbons (Fsp3) is 0.136. The monoisotopic (exact) mass is 448 g/mol. The average Bonchev–Trinajstić information content (AvgIpc) is 3.16. The van der Waals surface area contributed by atoms with E-state index < -0.39 is 0 Å². The Kier molecular flexibility index (Phi) is 6.84. The number of nitrogens with zero attached hydrogens (tertiary/aromatic N) is 2. The summed E-state index contributed by atoms with van der Waals surface area (Å²) in [5.74, 6) is 0. The van der Waals surface area contributed by atoms with Crippen molar-refractivity contribution in [2.75, 3.05) is 25.0 Å². The number of anilines is 1. The van der Waals surface area contributed by atoms with Crippen molar-refractivity contribution in [3.63, 3.8) is 0 Å². The van der Waals surface area contributed by atoms with Gasteiger partial charge in [0.15, 0.2) is 0 Å². The van der Waals surface area contributed by atoms with E-state index in [-0.39, 0.29) is 12.4 Å². The second-order valence-electron chi connectivity index (χ2n) is 6.40. The van der Waals surface area contributed by atoms with Crippen LogP contribution in [0.15, 0.2) is 65.0 Å². The summed E-state index contributed by atoms with van der Waals surface area (Å²) in [5.41, 5.74) is 5.58. The molecule has 6 heteroatoms. The summed E-state index contributed by atoms with van der Waals surface area (Å²) < 4.78 is 0. The van der Waals surface area contributed by atoms with Gasteiger partial charge in [0.2, 0.25) is 0 Å². The second-order valence-corrected chi connectivity index (χ2v) is 8.17. The molecule has 4 rings (SSSR count). The molecule has 0 radical (unpaired) electrons. The zero-order chi connectivity index (χ0) is 18.8. The van der Waals surface area contributed by atoms with E-state index >= 15 is 0 Å². The first-order chi connectivity index (χ1) is 13.1. The maximum atomic E-state index is 6.13. The summed E-state index contributed by atoms with van der Waals surface area (Å²) in [6, 6.07) is 16.5. The second kappa shape index (κ2) is 9.15. The number of thiophene rings is 1. The highest BCUT2D eigenvalue weighted by atomic mass is 35.5. The minimum absolute atomic E-state index is 0. The molecule has 0 saturated heterocycles. The van der Waals surface area contributed by atoms with Crippen LogP contribution in [0, 0.1) is 0 Å². The number of hydrogen-bond donors (Lipinski definition) is 0. The summed E-state index contributed by atoms with van der Waals surface area (Å²) in [5, 5.41) is 3.23. The standard InChI is InChI=1S/C22H18Cl2N2S.ClH/c1-26-11-10-25-20(9-5-15-4-8-18(23)19(24)13-15)17-7-6-16(14-21(17)26)22-3-2-12-27-22;/h2-9,12-14H,10-11H2,1H3;1H/b9-5+;. The molecule has 1 aromatic heterocycles. The number of fused-ring (bicyclic) bond motifs is 1. The van der Waals surface area contributed by atoms with Crippen LogP contribution < -0.4 is 4.90 Å². The smallest absolute Gasteiger partial charge is 0.0668 e. The van der Waals surface area contributed by atoms with Gasteiger partial charge in [0, 0.05) is 29.7 Å². The number of aliphatic imine (C=N–C) groups is 1. The van der Waals surface area contributed by atoms with Crippen LogP contribution in [0.5, 0.6) is 0 Å². The Morgan fingerprint density at radius 1 is 1.04 bits per heavy atom. The Morgan fingerprint density at radius 3 is 2.64 bits per heavy atom. The van der Waals surface area contributed by atoms with Crippen LogP contribution in [0.2, 0.25) is 10.0 Å². The fourth-order valence-electron chi connectivity index (χ4n) is 3.12. The molecule has 0 unspecified atom stereocenters. The first-order valence-electron chi connectivity index (χ1n) is 8.69. The Labute approximate surface area is 185 Å². The van der Waals surface area contributed by atoms with Gasteiger partial charge in [-0.25, -0.2) is 0 Å². The molecule has 2 aromatic carbocycles. The number of likely N-dealkylation sites (N-methyl/N-ethyl adjacent to an activating group) is 1. The third-order valence-corrected chi connectivity index (χ3v) is 6.24. The molecule has 2 nitrogen and oxygen atoms in total. The number of benzodiazepines with no additional fused rings is 1. The van der Waals surface area contributed by atoms with E-state index in [4.69, 9.17) is 28.2 Å². The quantitative estimate of drug-likeness (QED) is 0.416. The van der Waals surface area contributed by atoms with E-state index in [1.165, 1.54) is 16.1 Å². The normalized spacial score (nSPS) is 13.7. The van der Waals surface area contributed by atoms with Gasteiger partial charge in [0.1, 0.15) is 0 Å². The Hall–Kier alpha value is -1.78. The van der Waals surface area contributed by atoms with Gasteiger partial charge in [-0.2, -0.15) is 0 Å². The number of benzene rings is 2. The van der Waals surface area contributed by atoms with Gasteiger partial charge < -0.3 is 4.90 Å². The molecule has 1 aliphatic rings. The highest BCUT2D eigenvalue weighted by Gasteiger charge is 2.16. The molecule has 0 spiro atoms. The average molecular weight is 450 g/mol. The summed E-state index contributed by atoms with van der Waals surface area (Å²) in [7, 11) is 2.12. The van der Waals surface area contributed by atoms with Crippen molar-refractivity contribution in [2.24, 2.45) is 4.99 Å². The van der Waals surface area contributed by atoms with E-state index in [1.54, 1.807) is 11.3 Å². The minimum Gasteiger partial charge on any atom is -0.372 e. The summed E-state index contributed by atoms with van der Waals surface area (Å²) >= 11 is 13.9. The van der Waals surface area contributed by atoms with Crippen LogP contribution in [0.3, 0.4) is 0 Å². The van der Waals surface area contributed by atoms with Crippen molar-refractivity contribution in [1.29, 1.82) is 0 Å². The molecular formula is C22H19Cl3N2S. The van der Waals surface area contributed by atoms with Crippen LogP contribution in [0.4, 0.5) is 5.69 Å². The van der Waals surface area contributed by atoms with Gasteiger partial charge in [0.25, 0.3) is 0 Å². The molecule has 0 bridgehead atoms. The van der Waals surface area contributed by atoms with Crippen molar-refractivity contribution < 1.29 is 0 Å². The lowest BCUT2D eigenvalue weighted by Gasteiger charge is -2.20. The van der Waals surface area contributed by atoms with E-state index in [1.807, 2.05) is 24.3 Å². The van der Waals surface area contributed by atoms with Crippen LogP contribution in [-0.4, -0.2) is 25.8 Å². The molecule has 0 aliphatic carbocycles. The number of allylic oxidation sites excluding steroid dienone is 1. The lowest BCUT2D eigenvalue weighted by atomic mass is 10.0. The highest BCUT2D eigenvalue weighted by molar-refractivity contribution is 7.13. The topological polar surface area (TPSA) is 15.6 Å². The van der Waals surface area contributed by atoms with Gasteiger partial charge in [0.05, 0.1) is 22.3 Å². The van der Waals surface area contributed by atoms with E-state index in [0.29, 0.717) is 10.0 Å². The number of halogens is 3. The first-order valence-corrected chi connectivity index (χ1v) is 10.3. The van der Waals surface area contributed by atoms with Crippen molar-refractivity contribution >= 4 is 64.4 Å². The Bertz CT molecular complexity index is 1030. The highest BCUT2D eigenvalue weighted by Crippen LogP contribution is 2.32. The van der Waals surface area contributed by atoms with Gasteiger partial charge in [-0.1, -0.05) is 53.5 Å². The van der Waals surface area contributed by atoms with Crippen LogP contribution >= 0.6 is 46.9 Å². The lowest BCUT2D eigenvalue weighted by molar-refractivity contribution is 0.897. The maximum absolute atomic E-state index is 6.13. The van der Waals surface area contributed by atoms with Crippen LogP contribution in [0.1, 0.15) is 11.1 Å². The lowest BCUT2D eigenvalue weighted by Crippen LogP contribution is -2.20. The molecular weight excluding hydrogens is 431 g/mol.